The van der Waals surface area contributed by atoms with E-state index in [-0.39, 0.29) is 5.91 Å². The van der Waals surface area contributed by atoms with Crippen molar-refractivity contribution in [3.05, 3.63) is 74.3 Å². The number of allylic oxidation sites excluding steroid dienone is 2. The molecule has 1 amide bonds. The maximum Gasteiger partial charge on any atom is 0.274 e. The first-order valence-electron chi connectivity index (χ1n) is 10.1. The number of nitrogens with zero attached hydrogens (tertiary/aromatic N) is 2. The molecular weight excluding hydrogens is 437 g/mol. The molecule has 0 atom stereocenters. The van der Waals surface area contributed by atoms with Gasteiger partial charge in [-0.1, -0.05) is 29.3 Å². The Morgan fingerprint density at radius 3 is 2.71 bits per heavy atom. The summed E-state index contributed by atoms with van der Waals surface area (Å²) in [5, 5.41) is 5.44. The van der Waals surface area contributed by atoms with Crippen LogP contribution in [0.2, 0.25) is 10.0 Å². The number of benzene rings is 1. The molecule has 0 bridgehead atoms. The van der Waals surface area contributed by atoms with Crippen molar-refractivity contribution < 1.29 is 13.9 Å². The van der Waals surface area contributed by atoms with Gasteiger partial charge in [0, 0.05) is 28.8 Å². The van der Waals surface area contributed by atoms with Gasteiger partial charge in [0.15, 0.2) is 0 Å². The summed E-state index contributed by atoms with van der Waals surface area (Å²) in [7, 11) is 0. The van der Waals surface area contributed by atoms with E-state index in [1.807, 2.05) is 12.1 Å². The number of rotatable bonds is 5. The van der Waals surface area contributed by atoms with Crippen LogP contribution in [0.4, 0.5) is 0 Å². The number of hydrogen-bond acceptors (Lipinski definition) is 5. The van der Waals surface area contributed by atoms with Crippen LogP contribution in [-0.2, 0) is 4.74 Å². The normalized spacial score (nSPS) is 18.4. The van der Waals surface area contributed by atoms with Crippen molar-refractivity contribution in [3.63, 3.8) is 0 Å². The molecule has 6 nitrogen and oxygen atoms in total. The average Bonchev–Trinajstić information content (AvgIpc) is 3.37. The standard InChI is InChI=1S/C23H23Cl2N3O3/c1-15-20(6-9-31-15)23(29)27-26-14-18-3-2-17(22(18)28-7-10-30-11-8-28)12-16-4-5-19(24)13-21(16)25/h4-6,9,12-14H,2-3,7-8,10-11H2,1H3,(H,27,29)/b17-12+,26-14-. The lowest BCUT2D eigenvalue weighted by molar-refractivity contribution is 0.0548. The Balaban J connectivity index is 1.60. The molecule has 0 saturated carbocycles. The van der Waals surface area contributed by atoms with Crippen molar-refractivity contribution in [1.29, 1.82) is 0 Å². The van der Waals surface area contributed by atoms with E-state index >= 15 is 0 Å². The van der Waals surface area contributed by atoms with Crippen LogP contribution < -0.4 is 5.43 Å². The first-order valence-corrected chi connectivity index (χ1v) is 10.9. The minimum Gasteiger partial charge on any atom is -0.469 e. The monoisotopic (exact) mass is 459 g/mol. The van der Waals surface area contributed by atoms with Gasteiger partial charge in [0.05, 0.1) is 31.3 Å². The number of amides is 1. The molecule has 162 valence electrons. The third-order valence-electron chi connectivity index (χ3n) is 5.38. The highest BCUT2D eigenvalue weighted by Crippen LogP contribution is 2.36. The lowest BCUT2D eigenvalue weighted by atomic mass is 10.1. The molecule has 1 aliphatic carbocycles. The number of nitrogens with one attached hydrogen (secondary N) is 1. The molecule has 0 unspecified atom stereocenters. The van der Waals surface area contributed by atoms with Gasteiger partial charge < -0.3 is 14.1 Å². The molecule has 1 aromatic heterocycles. The molecule has 8 heteroatoms. The second-order valence-corrected chi connectivity index (χ2v) is 8.24. The molecular formula is C23H23Cl2N3O3. The molecule has 31 heavy (non-hydrogen) atoms. The highest BCUT2D eigenvalue weighted by atomic mass is 35.5. The Morgan fingerprint density at radius 2 is 2.00 bits per heavy atom. The van der Waals surface area contributed by atoms with Gasteiger partial charge in [0.1, 0.15) is 5.76 Å². The largest absolute Gasteiger partial charge is 0.469 e. The summed E-state index contributed by atoms with van der Waals surface area (Å²) in [4.78, 5) is 14.6. The summed E-state index contributed by atoms with van der Waals surface area (Å²) in [6, 6.07) is 7.14. The van der Waals surface area contributed by atoms with Gasteiger partial charge >= 0.3 is 0 Å². The number of ether oxygens (including phenoxy) is 1. The van der Waals surface area contributed by atoms with Crippen LogP contribution >= 0.6 is 23.2 Å². The minimum absolute atomic E-state index is 0.294. The summed E-state index contributed by atoms with van der Waals surface area (Å²) in [6.45, 7) is 4.71. The number of carbonyl (C=O) groups is 1. The average molecular weight is 460 g/mol. The quantitative estimate of drug-likeness (QED) is 0.500. The fourth-order valence-electron chi connectivity index (χ4n) is 3.83. The fourth-order valence-corrected chi connectivity index (χ4v) is 4.29. The number of morpholine rings is 1. The third kappa shape index (κ3) is 5.03. The minimum atomic E-state index is -0.294. The van der Waals surface area contributed by atoms with Gasteiger partial charge in [-0.15, -0.1) is 0 Å². The predicted octanol–water partition coefficient (Wildman–Crippen LogP) is 5.07. The number of hydrazone groups is 1. The highest BCUT2D eigenvalue weighted by Gasteiger charge is 2.25. The number of halogens is 2. The third-order valence-corrected chi connectivity index (χ3v) is 5.94. The summed E-state index contributed by atoms with van der Waals surface area (Å²) < 4.78 is 10.7. The molecule has 0 spiro atoms. The number of aryl methyl sites for hydroxylation is 1. The predicted molar refractivity (Wildman–Crippen MR) is 122 cm³/mol. The topological polar surface area (TPSA) is 67.1 Å². The van der Waals surface area contributed by atoms with Crippen LogP contribution in [0.1, 0.15) is 34.5 Å². The van der Waals surface area contributed by atoms with Crippen molar-refractivity contribution in [2.24, 2.45) is 5.10 Å². The molecule has 1 fully saturated rings. The van der Waals surface area contributed by atoms with E-state index < -0.39 is 0 Å². The molecule has 2 aliphatic rings. The van der Waals surface area contributed by atoms with Gasteiger partial charge in [0.25, 0.3) is 5.91 Å². The molecule has 0 radical (unpaired) electrons. The van der Waals surface area contributed by atoms with Crippen LogP contribution in [0.3, 0.4) is 0 Å². The lowest BCUT2D eigenvalue weighted by Crippen LogP contribution is -2.36. The first-order chi connectivity index (χ1) is 15.0. The second-order valence-electron chi connectivity index (χ2n) is 7.40. The molecule has 2 heterocycles. The van der Waals surface area contributed by atoms with Crippen molar-refractivity contribution >= 4 is 41.4 Å². The van der Waals surface area contributed by atoms with Crippen molar-refractivity contribution in [3.8, 4) is 0 Å². The van der Waals surface area contributed by atoms with Crippen molar-refractivity contribution in [2.75, 3.05) is 26.3 Å². The SMILES string of the molecule is Cc1occc1C(=O)N/N=C\C1=C(N2CCOCC2)C(=C/c2ccc(Cl)cc2Cl)/CC1. The summed E-state index contributed by atoms with van der Waals surface area (Å²) >= 11 is 12.4. The highest BCUT2D eigenvalue weighted by molar-refractivity contribution is 6.35. The Kier molecular flexibility index (Phi) is 6.80. The number of hydrogen-bond donors (Lipinski definition) is 1. The second kappa shape index (κ2) is 9.73. The van der Waals surface area contributed by atoms with Crippen LogP contribution in [0.5, 0.6) is 0 Å². The van der Waals surface area contributed by atoms with Gasteiger partial charge in [-0.25, -0.2) is 5.43 Å². The van der Waals surface area contributed by atoms with Gasteiger partial charge in [0.2, 0.25) is 0 Å². The van der Waals surface area contributed by atoms with E-state index in [0.29, 0.717) is 34.6 Å². The Morgan fingerprint density at radius 1 is 1.19 bits per heavy atom. The Labute approximate surface area is 191 Å². The summed E-state index contributed by atoms with van der Waals surface area (Å²) in [5.41, 5.74) is 7.38. The van der Waals surface area contributed by atoms with Crippen LogP contribution in [0, 0.1) is 6.92 Å². The van der Waals surface area contributed by atoms with E-state index in [4.69, 9.17) is 32.4 Å². The van der Waals surface area contributed by atoms with Crippen molar-refractivity contribution in [1.82, 2.24) is 10.3 Å². The first kappa shape index (κ1) is 21.7. The Hall–Kier alpha value is -2.54. The van der Waals surface area contributed by atoms with E-state index in [1.165, 1.54) is 11.8 Å². The van der Waals surface area contributed by atoms with E-state index in [9.17, 15) is 4.79 Å². The van der Waals surface area contributed by atoms with Crippen LogP contribution in [0.15, 0.2) is 56.9 Å². The maximum atomic E-state index is 12.3. The van der Waals surface area contributed by atoms with Gasteiger partial charge in [-0.2, -0.15) is 5.10 Å². The summed E-state index contributed by atoms with van der Waals surface area (Å²) in [5.74, 6) is 0.268. The van der Waals surface area contributed by atoms with E-state index in [2.05, 4.69) is 21.5 Å². The van der Waals surface area contributed by atoms with Gasteiger partial charge in [-0.05, 0) is 60.8 Å². The van der Waals surface area contributed by atoms with Crippen molar-refractivity contribution in [2.45, 2.75) is 19.8 Å². The molecule has 1 aromatic carbocycles. The lowest BCUT2D eigenvalue weighted by Gasteiger charge is -2.31. The number of carbonyl (C=O) groups excluding carboxylic acids is 1. The zero-order chi connectivity index (χ0) is 21.8. The smallest absolute Gasteiger partial charge is 0.274 e. The zero-order valence-electron chi connectivity index (χ0n) is 17.2. The van der Waals surface area contributed by atoms with E-state index in [1.54, 1.807) is 25.3 Å². The van der Waals surface area contributed by atoms with Crippen LogP contribution in [0.25, 0.3) is 6.08 Å². The van der Waals surface area contributed by atoms with E-state index in [0.717, 1.165) is 42.8 Å². The van der Waals surface area contributed by atoms with Gasteiger partial charge in [-0.3, -0.25) is 4.79 Å². The fraction of sp³-hybridized carbons (Fsp3) is 0.304. The zero-order valence-corrected chi connectivity index (χ0v) is 18.7. The number of furan rings is 1. The summed E-state index contributed by atoms with van der Waals surface area (Å²) in [6.07, 6.45) is 7.03. The molecule has 4 rings (SSSR count). The molecule has 1 aliphatic heterocycles. The molecule has 1 saturated heterocycles. The molecule has 2 aromatic rings. The Bertz CT molecular complexity index is 1070. The molecule has 1 N–H and O–H groups in total. The van der Waals surface area contributed by atoms with Crippen LogP contribution in [-0.4, -0.2) is 43.3 Å². The maximum absolute atomic E-state index is 12.3.